The summed E-state index contributed by atoms with van der Waals surface area (Å²) >= 11 is 0. The molecule has 0 spiro atoms. The minimum absolute atomic E-state index is 0.0335. The minimum atomic E-state index is -0.130. The summed E-state index contributed by atoms with van der Waals surface area (Å²) in [5.41, 5.74) is 2.39. The molecule has 114 valence electrons. The predicted molar refractivity (Wildman–Crippen MR) is 81.8 cm³/mol. The van der Waals surface area contributed by atoms with Gasteiger partial charge in [-0.3, -0.25) is 10.1 Å². The van der Waals surface area contributed by atoms with Crippen LogP contribution in [0.25, 0.3) is 0 Å². The van der Waals surface area contributed by atoms with E-state index in [0.29, 0.717) is 0 Å². The second-order valence-corrected chi connectivity index (χ2v) is 6.22. The molecule has 0 aromatic heterocycles. The normalized spacial score (nSPS) is 32.9. The fraction of sp³-hybridized carbons (Fsp3) is 0.588. The number of carbonyl (C=O) groups is 1. The van der Waals surface area contributed by atoms with Crippen molar-refractivity contribution in [2.24, 2.45) is 0 Å². The Labute approximate surface area is 126 Å². The number of benzene rings is 1. The van der Waals surface area contributed by atoms with Crippen molar-refractivity contribution in [3.8, 4) is 0 Å². The Morgan fingerprint density at radius 1 is 1.24 bits per heavy atom. The van der Waals surface area contributed by atoms with Crippen LogP contribution in [0, 0.1) is 6.92 Å². The monoisotopic (exact) mass is 288 g/mol. The van der Waals surface area contributed by atoms with Crippen LogP contribution in [-0.2, 0) is 9.53 Å². The molecule has 0 bridgehead atoms. The third-order valence-corrected chi connectivity index (χ3v) is 4.78. The second kappa shape index (κ2) is 5.78. The van der Waals surface area contributed by atoms with Crippen molar-refractivity contribution < 1.29 is 9.53 Å². The lowest BCUT2D eigenvalue weighted by molar-refractivity contribution is -0.134. The van der Waals surface area contributed by atoms with E-state index >= 15 is 0 Å². The first-order valence-electron chi connectivity index (χ1n) is 7.79. The summed E-state index contributed by atoms with van der Waals surface area (Å²) in [4.78, 5) is 14.6. The van der Waals surface area contributed by atoms with Gasteiger partial charge < -0.3 is 9.64 Å². The number of carbonyl (C=O) groups excluding carboxylic acids is 1. The summed E-state index contributed by atoms with van der Waals surface area (Å²) < 4.78 is 5.60. The molecule has 1 saturated carbocycles. The highest BCUT2D eigenvalue weighted by molar-refractivity contribution is 5.84. The number of aryl methyl sites for hydroxylation is 1. The van der Waals surface area contributed by atoms with Crippen LogP contribution in [0.4, 0.5) is 0 Å². The molecular formula is C17H24N2O2. The molecule has 4 unspecified atom stereocenters. The molecule has 1 aliphatic carbocycles. The van der Waals surface area contributed by atoms with Gasteiger partial charge in [0, 0.05) is 7.11 Å². The fourth-order valence-corrected chi connectivity index (χ4v) is 3.60. The Morgan fingerprint density at radius 2 is 1.95 bits per heavy atom. The van der Waals surface area contributed by atoms with Gasteiger partial charge >= 0.3 is 0 Å². The molecule has 1 amide bonds. The zero-order chi connectivity index (χ0) is 15.0. The number of rotatable bonds is 3. The number of amides is 1. The van der Waals surface area contributed by atoms with Crippen LogP contribution < -0.4 is 5.32 Å². The molecule has 4 heteroatoms. The summed E-state index contributed by atoms with van der Waals surface area (Å²) in [5.74, 6) is 0.189. The van der Waals surface area contributed by atoms with E-state index in [-0.39, 0.29) is 30.3 Å². The van der Waals surface area contributed by atoms with Gasteiger partial charge in [0.2, 0.25) is 5.91 Å². The van der Waals surface area contributed by atoms with Crippen LogP contribution in [-0.4, -0.2) is 36.1 Å². The Morgan fingerprint density at radius 3 is 2.62 bits per heavy atom. The molecule has 1 aromatic rings. The molecule has 0 radical (unpaired) electrons. The third-order valence-electron chi connectivity index (χ3n) is 4.78. The highest BCUT2D eigenvalue weighted by atomic mass is 16.5. The van der Waals surface area contributed by atoms with Gasteiger partial charge in [0.1, 0.15) is 6.17 Å². The highest BCUT2D eigenvalue weighted by Gasteiger charge is 2.45. The van der Waals surface area contributed by atoms with Crippen molar-refractivity contribution in [2.45, 2.75) is 57.5 Å². The summed E-state index contributed by atoms with van der Waals surface area (Å²) in [6.45, 7) is 4.02. The van der Waals surface area contributed by atoms with Crippen molar-refractivity contribution in [3.63, 3.8) is 0 Å². The molecule has 2 fully saturated rings. The van der Waals surface area contributed by atoms with Crippen molar-refractivity contribution >= 4 is 5.91 Å². The van der Waals surface area contributed by atoms with Crippen molar-refractivity contribution in [3.05, 3.63) is 35.4 Å². The molecule has 1 N–H and O–H groups in total. The molecule has 4 atom stereocenters. The van der Waals surface area contributed by atoms with E-state index in [1.807, 2.05) is 11.8 Å². The lowest BCUT2D eigenvalue weighted by Crippen LogP contribution is -2.44. The molecule has 2 aliphatic rings. The predicted octanol–water partition coefficient (Wildman–Crippen LogP) is 2.38. The number of nitrogens with one attached hydrogen (secondary N) is 1. The fourth-order valence-electron chi connectivity index (χ4n) is 3.60. The number of ether oxygens (including phenoxy) is 1. The topological polar surface area (TPSA) is 41.6 Å². The Kier molecular flexibility index (Phi) is 4.00. The number of methoxy groups -OCH3 is 1. The van der Waals surface area contributed by atoms with Gasteiger partial charge in [0.25, 0.3) is 0 Å². The van der Waals surface area contributed by atoms with E-state index in [0.717, 1.165) is 24.8 Å². The molecular weight excluding hydrogens is 264 g/mol. The van der Waals surface area contributed by atoms with Crippen LogP contribution in [0.3, 0.4) is 0 Å². The van der Waals surface area contributed by atoms with E-state index in [2.05, 4.69) is 36.5 Å². The molecule has 1 aromatic carbocycles. The zero-order valence-corrected chi connectivity index (χ0v) is 13.0. The molecule has 3 rings (SSSR count). The van der Waals surface area contributed by atoms with Crippen LogP contribution in [0.5, 0.6) is 0 Å². The van der Waals surface area contributed by atoms with E-state index in [1.54, 1.807) is 7.11 Å². The van der Waals surface area contributed by atoms with Gasteiger partial charge in [-0.1, -0.05) is 29.8 Å². The summed E-state index contributed by atoms with van der Waals surface area (Å²) in [7, 11) is 1.75. The van der Waals surface area contributed by atoms with Gasteiger partial charge in [0.15, 0.2) is 0 Å². The van der Waals surface area contributed by atoms with Crippen LogP contribution in [0.2, 0.25) is 0 Å². The standard InChI is InChI=1S/C17H24N2O2/c1-11-7-9-13(10-8-11)16-18-12(2)17(20)19(16)14-5-4-6-15(14)21-3/h7-10,12,14-16,18H,4-6H2,1-3H3. The van der Waals surface area contributed by atoms with Crippen molar-refractivity contribution in [1.29, 1.82) is 0 Å². The van der Waals surface area contributed by atoms with Crippen LogP contribution >= 0.6 is 0 Å². The largest absolute Gasteiger partial charge is 0.379 e. The van der Waals surface area contributed by atoms with Crippen LogP contribution in [0.15, 0.2) is 24.3 Å². The summed E-state index contributed by atoms with van der Waals surface area (Å²) in [5, 5.41) is 3.43. The number of nitrogens with zero attached hydrogens (tertiary/aromatic N) is 1. The zero-order valence-electron chi connectivity index (χ0n) is 13.0. The van der Waals surface area contributed by atoms with Gasteiger partial charge in [-0.15, -0.1) is 0 Å². The highest BCUT2D eigenvalue weighted by Crippen LogP contribution is 2.35. The first-order valence-corrected chi connectivity index (χ1v) is 7.79. The smallest absolute Gasteiger partial charge is 0.241 e. The maximum absolute atomic E-state index is 12.6. The van der Waals surface area contributed by atoms with E-state index < -0.39 is 0 Å². The average Bonchev–Trinajstić information content (AvgIpc) is 3.05. The Hall–Kier alpha value is -1.39. The van der Waals surface area contributed by atoms with Gasteiger partial charge in [-0.25, -0.2) is 0 Å². The minimum Gasteiger partial charge on any atom is -0.379 e. The molecule has 21 heavy (non-hydrogen) atoms. The lowest BCUT2D eigenvalue weighted by Gasteiger charge is -2.33. The average molecular weight is 288 g/mol. The third kappa shape index (κ3) is 2.58. The first kappa shape index (κ1) is 14.5. The van der Waals surface area contributed by atoms with Crippen molar-refractivity contribution in [1.82, 2.24) is 10.2 Å². The number of hydrogen-bond acceptors (Lipinski definition) is 3. The maximum Gasteiger partial charge on any atom is 0.241 e. The summed E-state index contributed by atoms with van der Waals surface area (Å²) in [6.07, 6.45) is 3.32. The first-order chi connectivity index (χ1) is 10.1. The van der Waals surface area contributed by atoms with Crippen molar-refractivity contribution in [2.75, 3.05) is 7.11 Å². The molecule has 1 heterocycles. The quantitative estimate of drug-likeness (QED) is 0.928. The Bertz CT molecular complexity index is 514. The SMILES string of the molecule is COC1CCCC1N1C(=O)C(C)NC1c1ccc(C)cc1. The molecule has 4 nitrogen and oxygen atoms in total. The van der Waals surface area contributed by atoms with E-state index in [9.17, 15) is 4.79 Å². The second-order valence-electron chi connectivity index (χ2n) is 6.22. The summed E-state index contributed by atoms with van der Waals surface area (Å²) in [6, 6.07) is 8.49. The van der Waals surface area contributed by atoms with Gasteiger partial charge in [-0.2, -0.15) is 0 Å². The molecule has 1 saturated heterocycles. The van der Waals surface area contributed by atoms with E-state index in [1.165, 1.54) is 5.56 Å². The maximum atomic E-state index is 12.6. The molecule has 1 aliphatic heterocycles. The van der Waals surface area contributed by atoms with Gasteiger partial charge in [0.05, 0.1) is 18.2 Å². The Balaban J connectivity index is 1.91. The van der Waals surface area contributed by atoms with E-state index in [4.69, 9.17) is 4.74 Å². The number of hydrogen-bond donors (Lipinski definition) is 1. The van der Waals surface area contributed by atoms with Gasteiger partial charge in [-0.05, 0) is 38.7 Å². The lowest BCUT2D eigenvalue weighted by atomic mass is 10.1. The van der Waals surface area contributed by atoms with Crippen LogP contribution in [0.1, 0.15) is 43.5 Å².